The van der Waals surface area contributed by atoms with E-state index in [1.165, 1.54) is 0 Å². The van der Waals surface area contributed by atoms with Crippen molar-refractivity contribution in [2.45, 2.75) is 13.1 Å². The van der Waals surface area contributed by atoms with Gasteiger partial charge >= 0.3 is 0 Å². The first-order chi connectivity index (χ1) is 9.72. The third-order valence-electron chi connectivity index (χ3n) is 3.09. The number of rotatable bonds is 4. The third kappa shape index (κ3) is 2.70. The van der Waals surface area contributed by atoms with Crippen LogP contribution in [0.1, 0.15) is 5.76 Å². The maximum atomic E-state index is 11.9. The number of carbonyl (C=O) groups excluding carboxylic acids is 1. The van der Waals surface area contributed by atoms with Crippen molar-refractivity contribution in [1.82, 2.24) is 9.88 Å². The van der Waals surface area contributed by atoms with Gasteiger partial charge in [0.1, 0.15) is 12.3 Å². The lowest BCUT2D eigenvalue weighted by Crippen LogP contribution is -2.26. The van der Waals surface area contributed by atoms with Crippen molar-refractivity contribution in [3.8, 4) is 0 Å². The topological polar surface area (TPSA) is 47.2 Å². The number of halogens is 1. The quantitative estimate of drug-likeness (QED) is 0.801. The van der Waals surface area contributed by atoms with Crippen LogP contribution in [0.15, 0.2) is 53.3 Å². The normalized spacial score (nSPS) is 10.8. The molecule has 4 nitrogen and oxygen atoms in total. The second kappa shape index (κ2) is 5.43. The first kappa shape index (κ1) is 12.8. The van der Waals surface area contributed by atoms with Gasteiger partial charge < -0.3 is 14.3 Å². The Balaban J connectivity index is 1.69. The zero-order chi connectivity index (χ0) is 13.9. The molecule has 3 rings (SSSR count). The number of carbonyl (C=O) groups is 1. The molecule has 0 spiro atoms. The summed E-state index contributed by atoms with van der Waals surface area (Å²) in [6, 6.07) is 11.2. The fourth-order valence-corrected chi connectivity index (χ4v) is 2.27. The minimum Gasteiger partial charge on any atom is -0.467 e. The number of furan rings is 1. The van der Waals surface area contributed by atoms with Gasteiger partial charge in [-0.15, -0.1) is 0 Å². The highest BCUT2D eigenvalue weighted by Gasteiger charge is 2.07. The summed E-state index contributed by atoms with van der Waals surface area (Å²) in [6.45, 7) is 0.649. The van der Waals surface area contributed by atoms with E-state index in [1.807, 2.05) is 41.1 Å². The minimum absolute atomic E-state index is 0.0705. The van der Waals surface area contributed by atoms with E-state index in [9.17, 15) is 4.79 Å². The molecule has 0 saturated heterocycles. The van der Waals surface area contributed by atoms with Gasteiger partial charge in [-0.05, 0) is 35.7 Å². The zero-order valence-electron chi connectivity index (χ0n) is 10.7. The van der Waals surface area contributed by atoms with E-state index < -0.39 is 0 Å². The maximum Gasteiger partial charge on any atom is 0.240 e. The molecule has 1 aromatic carbocycles. The van der Waals surface area contributed by atoms with Crippen LogP contribution in [-0.2, 0) is 17.9 Å². The molecule has 0 aliphatic heterocycles. The van der Waals surface area contributed by atoms with E-state index in [0.717, 1.165) is 16.7 Å². The van der Waals surface area contributed by atoms with Crippen LogP contribution in [0.4, 0.5) is 0 Å². The number of nitrogens with zero attached hydrogens (tertiary/aromatic N) is 1. The summed E-state index contributed by atoms with van der Waals surface area (Å²) in [5.74, 6) is 0.664. The standard InChI is InChI=1S/C15H13ClN2O2/c16-12-4-3-11-5-6-18(14(11)8-12)10-15(19)17-9-13-2-1-7-20-13/h1-8H,9-10H2,(H,17,19). The van der Waals surface area contributed by atoms with E-state index in [0.29, 0.717) is 11.6 Å². The molecule has 1 N–H and O–H groups in total. The smallest absolute Gasteiger partial charge is 0.240 e. The van der Waals surface area contributed by atoms with E-state index in [2.05, 4.69) is 5.32 Å². The van der Waals surface area contributed by atoms with E-state index in [1.54, 1.807) is 12.3 Å². The molecule has 1 amide bonds. The summed E-state index contributed by atoms with van der Waals surface area (Å²) < 4.78 is 7.04. The first-order valence-electron chi connectivity index (χ1n) is 6.26. The van der Waals surface area contributed by atoms with Gasteiger partial charge in [0.25, 0.3) is 0 Å². The van der Waals surface area contributed by atoms with Gasteiger partial charge in [0.2, 0.25) is 5.91 Å². The summed E-state index contributed by atoms with van der Waals surface area (Å²) in [6.07, 6.45) is 3.47. The van der Waals surface area contributed by atoms with Crippen LogP contribution < -0.4 is 5.32 Å². The molecule has 3 aromatic rings. The van der Waals surface area contributed by atoms with Crippen molar-refractivity contribution in [2.24, 2.45) is 0 Å². The molecular weight excluding hydrogens is 276 g/mol. The first-order valence-corrected chi connectivity index (χ1v) is 6.63. The summed E-state index contributed by atoms with van der Waals surface area (Å²) in [4.78, 5) is 11.9. The molecule has 0 bridgehead atoms. The van der Waals surface area contributed by atoms with E-state index in [4.69, 9.17) is 16.0 Å². The SMILES string of the molecule is O=C(Cn1ccc2ccc(Cl)cc21)NCc1ccco1. The minimum atomic E-state index is -0.0705. The number of nitrogens with one attached hydrogen (secondary N) is 1. The van der Waals surface area contributed by atoms with Crippen molar-refractivity contribution in [2.75, 3.05) is 0 Å². The van der Waals surface area contributed by atoms with Crippen LogP contribution in [0.5, 0.6) is 0 Å². The van der Waals surface area contributed by atoms with Gasteiger partial charge in [0, 0.05) is 16.7 Å². The zero-order valence-corrected chi connectivity index (χ0v) is 11.4. The number of amides is 1. The van der Waals surface area contributed by atoms with E-state index in [-0.39, 0.29) is 12.5 Å². The molecule has 0 atom stereocenters. The number of hydrogen-bond donors (Lipinski definition) is 1. The Kier molecular flexibility index (Phi) is 3.48. The number of aromatic nitrogens is 1. The predicted octanol–water partition coefficient (Wildman–Crippen LogP) is 3.20. The average Bonchev–Trinajstić information content (AvgIpc) is 3.07. The second-order valence-corrected chi connectivity index (χ2v) is 4.94. The highest BCUT2D eigenvalue weighted by molar-refractivity contribution is 6.31. The van der Waals surface area contributed by atoms with Gasteiger partial charge in [-0.25, -0.2) is 0 Å². The molecule has 0 unspecified atom stereocenters. The molecule has 2 heterocycles. The lowest BCUT2D eigenvalue weighted by atomic mass is 10.2. The highest BCUT2D eigenvalue weighted by atomic mass is 35.5. The Labute approximate surface area is 120 Å². The molecule has 2 aromatic heterocycles. The third-order valence-corrected chi connectivity index (χ3v) is 3.32. The van der Waals surface area contributed by atoms with Crippen LogP contribution in [0.2, 0.25) is 5.02 Å². The van der Waals surface area contributed by atoms with Crippen molar-refractivity contribution >= 4 is 28.4 Å². The van der Waals surface area contributed by atoms with Gasteiger partial charge in [-0.2, -0.15) is 0 Å². The molecule has 102 valence electrons. The average molecular weight is 289 g/mol. The summed E-state index contributed by atoms with van der Waals surface area (Å²) >= 11 is 5.99. The Morgan fingerprint density at radius 3 is 3.00 bits per heavy atom. The largest absolute Gasteiger partial charge is 0.467 e. The number of fused-ring (bicyclic) bond motifs is 1. The Hall–Kier alpha value is -2.20. The number of benzene rings is 1. The molecule has 0 saturated carbocycles. The fraction of sp³-hybridized carbons (Fsp3) is 0.133. The number of hydrogen-bond acceptors (Lipinski definition) is 2. The van der Waals surface area contributed by atoms with Crippen molar-refractivity contribution in [1.29, 1.82) is 0 Å². The predicted molar refractivity (Wildman–Crippen MR) is 77.5 cm³/mol. The monoisotopic (exact) mass is 288 g/mol. The van der Waals surface area contributed by atoms with Gasteiger partial charge in [-0.1, -0.05) is 17.7 Å². The molecule has 0 fully saturated rings. The van der Waals surface area contributed by atoms with Gasteiger partial charge in [-0.3, -0.25) is 4.79 Å². The van der Waals surface area contributed by atoms with Crippen LogP contribution in [0.25, 0.3) is 10.9 Å². The van der Waals surface area contributed by atoms with Crippen LogP contribution in [-0.4, -0.2) is 10.5 Å². The molecule has 5 heteroatoms. The highest BCUT2D eigenvalue weighted by Crippen LogP contribution is 2.20. The molecule has 0 aliphatic carbocycles. The van der Waals surface area contributed by atoms with E-state index >= 15 is 0 Å². The Bertz CT molecular complexity index is 732. The van der Waals surface area contributed by atoms with Crippen molar-refractivity contribution in [3.63, 3.8) is 0 Å². The van der Waals surface area contributed by atoms with Crippen LogP contribution in [0, 0.1) is 0 Å². The summed E-state index contributed by atoms with van der Waals surface area (Å²) in [5, 5.41) is 4.54. The van der Waals surface area contributed by atoms with Gasteiger partial charge in [0.15, 0.2) is 0 Å². The lowest BCUT2D eigenvalue weighted by molar-refractivity contribution is -0.121. The molecule has 0 radical (unpaired) electrons. The Morgan fingerprint density at radius 1 is 1.30 bits per heavy atom. The van der Waals surface area contributed by atoms with Crippen LogP contribution >= 0.6 is 11.6 Å². The second-order valence-electron chi connectivity index (χ2n) is 4.50. The molecular formula is C15H13ClN2O2. The molecule has 20 heavy (non-hydrogen) atoms. The Morgan fingerprint density at radius 2 is 2.20 bits per heavy atom. The lowest BCUT2D eigenvalue weighted by Gasteiger charge is -2.06. The van der Waals surface area contributed by atoms with Crippen molar-refractivity contribution in [3.05, 3.63) is 59.6 Å². The maximum absolute atomic E-state index is 11.9. The summed E-state index contributed by atoms with van der Waals surface area (Å²) in [7, 11) is 0. The van der Waals surface area contributed by atoms with Crippen LogP contribution in [0.3, 0.4) is 0 Å². The van der Waals surface area contributed by atoms with Crippen molar-refractivity contribution < 1.29 is 9.21 Å². The van der Waals surface area contributed by atoms with Gasteiger partial charge in [0.05, 0.1) is 12.8 Å². The summed E-state index contributed by atoms with van der Waals surface area (Å²) in [5.41, 5.74) is 0.950. The fourth-order valence-electron chi connectivity index (χ4n) is 2.10. The molecule has 0 aliphatic rings.